The van der Waals surface area contributed by atoms with Crippen molar-refractivity contribution in [3.8, 4) is 5.69 Å². The molecule has 0 spiro atoms. The van der Waals surface area contributed by atoms with Gasteiger partial charge in [0.05, 0.1) is 10.6 Å². The number of primary sulfonamides is 1. The van der Waals surface area contributed by atoms with Gasteiger partial charge in [0.2, 0.25) is 10.0 Å². The lowest BCUT2D eigenvalue weighted by Gasteiger charge is -2.11. The number of nitrogens with zero attached hydrogens (tertiary/aromatic N) is 2. The summed E-state index contributed by atoms with van der Waals surface area (Å²) < 4.78 is 24.5. The average Bonchev–Trinajstić information content (AvgIpc) is 2.88. The molecule has 0 aliphatic rings. The fraction of sp³-hybridized carbons (Fsp3) is 0.167. The lowest BCUT2D eigenvalue weighted by molar-refractivity contribution is 0.0957. The molecule has 8 nitrogen and oxygen atoms in total. The van der Waals surface area contributed by atoms with Crippen LogP contribution in [0.25, 0.3) is 5.69 Å². The Kier molecular flexibility index (Phi) is 3.71. The van der Waals surface area contributed by atoms with Crippen molar-refractivity contribution in [1.82, 2.24) is 15.1 Å². The number of carbonyl (C=O) groups is 1. The van der Waals surface area contributed by atoms with Crippen molar-refractivity contribution >= 4 is 21.6 Å². The van der Waals surface area contributed by atoms with E-state index in [0.717, 1.165) is 0 Å². The average molecular weight is 309 g/mol. The first-order chi connectivity index (χ1) is 9.74. The second-order valence-electron chi connectivity index (χ2n) is 4.43. The number of hydrogen-bond donors (Lipinski definition) is 3. The maximum absolute atomic E-state index is 11.6. The fourth-order valence-electron chi connectivity index (χ4n) is 1.93. The van der Waals surface area contributed by atoms with E-state index < -0.39 is 10.0 Å². The summed E-state index contributed by atoms with van der Waals surface area (Å²) >= 11 is 0. The number of rotatable bonds is 3. The molecule has 0 atom stereocenters. The lowest BCUT2D eigenvalue weighted by Crippen LogP contribution is -2.19. The van der Waals surface area contributed by atoms with E-state index in [0.29, 0.717) is 11.3 Å². The molecule has 0 bridgehead atoms. The molecule has 1 heterocycles. The molecular formula is C12H15N5O3S. The number of nitrogens with two attached hydrogens (primary N) is 2. The van der Waals surface area contributed by atoms with Crippen LogP contribution in [0.2, 0.25) is 0 Å². The summed E-state index contributed by atoms with van der Waals surface area (Å²) in [5.74, 6) is -0.345. The van der Waals surface area contributed by atoms with Crippen molar-refractivity contribution in [1.29, 1.82) is 0 Å². The summed E-state index contributed by atoms with van der Waals surface area (Å²) in [6.45, 7) is 1.59. The van der Waals surface area contributed by atoms with Crippen LogP contribution in [0.1, 0.15) is 16.1 Å². The van der Waals surface area contributed by atoms with E-state index in [-0.39, 0.29) is 22.2 Å². The number of benzene rings is 1. The van der Waals surface area contributed by atoms with Gasteiger partial charge >= 0.3 is 0 Å². The predicted molar refractivity (Wildman–Crippen MR) is 77.5 cm³/mol. The van der Waals surface area contributed by atoms with Gasteiger partial charge < -0.3 is 11.1 Å². The number of amides is 1. The second kappa shape index (κ2) is 5.19. The minimum Gasteiger partial charge on any atom is -0.399 e. The van der Waals surface area contributed by atoms with Crippen LogP contribution in [0.3, 0.4) is 0 Å². The summed E-state index contributed by atoms with van der Waals surface area (Å²) in [6, 6.07) is 4.36. The molecule has 0 saturated heterocycles. The molecule has 2 aromatic rings. The zero-order valence-electron chi connectivity index (χ0n) is 11.5. The normalized spacial score (nSPS) is 11.4. The van der Waals surface area contributed by atoms with Crippen LogP contribution < -0.4 is 16.2 Å². The van der Waals surface area contributed by atoms with Crippen LogP contribution in [-0.4, -0.2) is 31.2 Å². The zero-order chi connectivity index (χ0) is 15.8. The Morgan fingerprint density at radius 2 is 2.05 bits per heavy atom. The predicted octanol–water partition coefficient (Wildman–Crippen LogP) is -0.230. The number of anilines is 1. The Bertz CT molecular complexity index is 810. The second-order valence-corrected chi connectivity index (χ2v) is 5.96. The largest absolute Gasteiger partial charge is 0.399 e. The number of sulfonamides is 1. The number of carbonyl (C=O) groups excluding carboxylic acids is 1. The number of nitrogens with one attached hydrogen (secondary N) is 1. The monoisotopic (exact) mass is 309 g/mol. The van der Waals surface area contributed by atoms with Crippen LogP contribution in [0.15, 0.2) is 29.3 Å². The fourth-order valence-corrected chi connectivity index (χ4v) is 2.77. The SMILES string of the molecule is CNC(=O)c1ccn(-c2cc(N)cc(S(N)(=O)=O)c2C)n1. The van der Waals surface area contributed by atoms with Gasteiger partial charge in [-0.3, -0.25) is 4.79 Å². The Balaban J connectivity index is 2.62. The Morgan fingerprint density at radius 1 is 1.38 bits per heavy atom. The number of nitrogen functional groups attached to an aromatic ring is 1. The summed E-state index contributed by atoms with van der Waals surface area (Å²) in [7, 11) is -2.41. The Labute approximate surface area is 121 Å². The molecule has 0 fully saturated rings. The zero-order valence-corrected chi connectivity index (χ0v) is 12.3. The molecule has 9 heteroatoms. The van der Waals surface area contributed by atoms with Crippen LogP contribution in [0.4, 0.5) is 5.69 Å². The highest BCUT2D eigenvalue weighted by Crippen LogP contribution is 2.24. The Morgan fingerprint density at radius 3 is 2.62 bits per heavy atom. The van der Waals surface area contributed by atoms with Crippen LogP contribution >= 0.6 is 0 Å². The topological polar surface area (TPSA) is 133 Å². The first kappa shape index (κ1) is 15.0. The van der Waals surface area contributed by atoms with Gasteiger partial charge in [0, 0.05) is 18.9 Å². The first-order valence-corrected chi connectivity index (χ1v) is 7.49. The molecule has 0 saturated carbocycles. The highest BCUT2D eigenvalue weighted by molar-refractivity contribution is 7.89. The highest BCUT2D eigenvalue weighted by atomic mass is 32.2. The van der Waals surface area contributed by atoms with Gasteiger partial charge in [0.15, 0.2) is 5.69 Å². The van der Waals surface area contributed by atoms with E-state index in [1.54, 1.807) is 19.2 Å². The maximum Gasteiger partial charge on any atom is 0.271 e. The van der Waals surface area contributed by atoms with E-state index in [1.165, 1.54) is 23.9 Å². The molecule has 2 rings (SSSR count). The van der Waals surface area contributed by atoms with Crippen molar-refractivity contribution in [2.24, 2.45) is 5.14 Å². The van der Waals surface area contributed by atoms with E-state index in [9.17, 15) is 13.2 Å². The van der Waals surface area contributed by atoms with Crippen LogP contribution in [0, 0.1) is 6.92 Å². The highest BCUT2D eigenvalue weighted by Gasteiger charge is 2.17. The van der Waals surface area contributed by atoms with E-state index in [2.05, 4.69) is 10.4 Å². The number of aromatic nitrogens is 2. The van der Waals surface area contributed by atoms with Crippen LogP contribution in [-0.2, 0) is 10.0 Å². The number of hydrogen-bond acceptors (Lipinski definition) is 5. The van der Waals surface area contributed by atoms with Crippen molar-refractivity contribution in [3.63, 3.8) is 0 Å². The molecule has 1 aromatic carbocycles. The summed E-state index contributed by atoms with van der Waals surface area (Å²) in [5.41, 5.74) is 6.99. The van der Waals surface area contributed by atoms with Gasteiger partial charge in [-0.25, -0.2) is 18.2 Å². The van der Waals surface area contributed by atoms with Crippen molar-refractivity contribution in [3.05, 3.63) is 35.7 Å². The molecule has 0 aliphatic carbocycles. The van der Waals surface area contributed by atoms with Crippen molar-refractivity contribution in [2.45, 2.75) is 11.8 Å². The molecule has 1 amide bonds. The molecule has 112 valence electrons. The molecule has 21 heavy (non-hydrogen) atoms. The minimum absolute atomic E-state index is 0.0745. The van der Waals surface area contributed by atoms with E-state index in [4.69, 9.17) is 10.9 Å². The smallest absolute Gasteiger partial charge is 0.271 e. The quantitative estimate of drug-likeness (QED) is 0.673. The molecular weight excluding hydrogens is 294 g/mol. The van der Waals surface area contributed by atoms with Gasteiger partial charge in [-0.15, -0.1) is 0 Å². The third-order valence-electron chi connectivity index (χ3n) is 2.96. The van der Waals surface area contributed by atoms with Gasteiger partial charge in [0.25, 0.3) is 5.91 Å². The summed E-state index contributed by atoms with van der Waals surface area (Å²) in [5, 5.41) is 11.7. The van der Waals surface area contributed by atoms with E-state index >= 15 is 0 Å². The standard InChI is InChI=1S/C12H15N5O3S/c1-7-10(5-8(13)6-11(7)21(14,19)20)17-4-3-9(16-17)12(18)15-2/h3-6H,13H2,1-2H3,(H,15,18)(H2,14,19,20). The van der Waals surface area contributed by atoms with Gasteiger partial charge in [-0.1, -0.05) is 0 Å². The van der Waals surface area contributed by atoms with Crippen molar-refractivity contribution in [2.75, 3.05) is 12.8 Å². The molecule has 0 unspecified atom stereocenters. The van der Waals surface area contributed by atoms with Crippen molar-refractivity contribution < 1.29 is 13.2 Å². The third kappa shape index (κ3) is 2.88. The van der Waals surface area contributed by atoms with Gasteiger partial charge in [-0.05, 0) is 30.7 Å². The minimum atomic E-state index is -3.90. The molecule has 1 aromatic heterocycles. The van der Waals surface area contributed by atoms with Gasteiger partial charge in [0.1, 0.15) is 0 Å². The summed E-state index contributed by atoms with van der Waals surface area (Å²) in [6.07, 6.45) is 1.54. The lowest BCUT2D eigenvalue weighted by atomic mass is 10.2. The molecule has 5 N–H and O–H groups in total. The third-order valence-corrected chi connectivity index (χ3v) is 3.99. The first-order valence-electron chi connectivity index (χ1n) is 5.95. The maximum atomic E-state index is 11.6. The van der Waals surface area contributed by atoms with Gasteiger partial charge in [-0.2, -0.15) is 5.10 Å². The molecule has 0 aliphatic heterocycles. The summed E-state index contributed by atoms with van der Waals surface area (Å²) in [4.78, 5) is 11.4. The molecule has 0 radical (unpaired) electrons. The van der Waals surface area contributed by atoms with Crippen LogP contribution in [0.5, 0.6) is 0 Å². The Hall–Kier alpha value is -2.39. The van der Waals surface area contributed by atoms with E-state index in [1.807, 2.05) is 0 Å².